The maximum Gasteiger partial charge on any atom is 0.545 e. The summed E-state index contributed by atoms with van der Waals surface area (Å²) in [5, 5.41) is 0. The standard InChI is InChI=1S/C5H10BNO2/c1-3-5-6(9-7)8-4-2/h3-4H,1-2,5,7H2. The van der Waals surface area contributed by atoms with Gasteiger partial charge in [0.25, 0.3) is 0 Å². The van der Waals surface area contributed by atoms with Crippen molar-refractivity contribution >= 4 is 7.12 Å². The third-order valence-electron chi connectivity index (χ3n) is 0.759. The molecule has 50 valence electrons. The Bertz CT molecular complexity index is 87.0. The molecule has 0 amide bonds. The van der Waals surface area contributed by atoms with E-state index in [1.165, 1.54) is 6.26 Å². The summed E-state index contributed by atoms with van der Waals surface area (Å²) in [7, 11) is -0.444. The van der Waals surface area contributed by atoms with Crippen molar-refractivity contribution in [2.75, 3.05) is 0 Å². The molecule has 0 heterocycles. The van der Waals surface area contributed by atoms with Crippen molar-refractivity contribution in [3.05, 3.63) is 25.5 Å². The number of allylic oxidation sites excluding steroid dienone is 1. The van der Waals surface area contributed by atoms with Crippen LogP contribution in [0, 0.1) is 0 Å². The smallest absolute Gasteiger partial charge is 0.541 e. The first-order valence-electron chi connectivity index (χ1n) is 2.58. The van der Waals surface area contributed by atoms with Crippen LogP contribution in [0.3, 0.4) is 0 Å². The Balaban J connectivity index is 3.39. The highest BCUT2D eigenvalue weighted by atomic mass is 16.7. The monoisotopic (exact) mass is 127 g/mol. The van der Waals surface area contributed by atoms with Gasteiger partial charge in [-0.15, -0.1) is 6.58 Å². The van der Waals surface area contributed by atoms with Crippen LogP contribution in [0.15, 0.2) is 25.5 Å². The highest BCUT2D eigenvalue weighted by molar-refractivity contribution is 6.45. The molecule has 0 saturated carbocycles. The van der Waals surface area contributed by atoms with Crippen molar-refractivity contribution in [3.8, 4) is 0 Å². The maximum absolute atomic E-state index is 4.82. The second-order valence-corrected chi connectivity index (χ2v) is 1.39. The lowest BCUT2D eigenvalue weighted by molar-refractivity contribution is 0.258. The second kappa shape index (κ2) is 5.40. The van der Waals surface area contributed by atoms with E-state index in [9.17, 15) is 0 Å². The van der Waals surface area contributed by atoms with Crippen LogP contribution in [0.4, 0.5) is 0 Å². The van der Waals surface area contributed by atoms with Gasteiger partial charge in [-0.3, -0.25) is 0 Å². The molecule has 0 bridgehead atoms. The molecular formula is C5H10BNO2. The number of rotatable bonds is 5. The molecule has 0 aromatic rings. The van der Waals surface area contributed by atoms with Crippen LogP contribution >= 0.6 is 0 Å². The Morgan fingerprint density at radius 1 is 1.56 bits per heavy atom. The highest BCUT2D eigenvalue weighted by Gasteiger charge is 2.13. The predicted octanol–water partition coefficient (Wildman–Crippen LogP) is 0.711. The van der Waals surface area contributed by atoms with Gasteiger partial charge in [0.05, 0.1) is 6.26 Å². The summed E-state index contributed by atoms with van der Waals surface area (Å²) in [4.78, 5) is 0. The number of hydrogen-bond acceptors (Lipinski definition) is 3. The van der Waals surface area contributed by atoms with E-state index in [-0.39, 0.29) is 0 Å². The summed E-state index contributed by atoms with van der Waals surface area (Å²) < 4.78 is 9.14. The van der Waals surface area contributed by atoms with Crippen molar-refractivity contribution in [3.63, 3.8) is 0 Å². The first kappa shape index (κ1) is 8.26. The Morgan fingerprint density at radius 2 is 2.22 bits per heavy atom. The van der Waals surface area contributed by atoms with Crippen LogP contribution in [0.1, 0.15) is 0 Å². The van der Waals surface area contributed by atoms with E-state index < -0.39 is 7.12 Å². The van der Waals surface area contributed by atoms with Crippen LogP contribution < -0.4 is 5.90 Å². The molecular weight excluding hydrogens is 117 g/mol. The van der Waals surface area contributed by atoms with Gasteiger partial charge in [0, 0.05) is 6.32 Å². The summed E-state index contributed by atoms with van der Waals surface area (Å²) in [6, 6.07) is 0. The Hall–Kier alpha value is -0.735. The minimum Gasteiger partial charge on any atom is -0.541 e. The minimum absolute atomic E-state index is 0.444. The van der Waals surface area contributed by atoms with Gasteiger partial charge in [-0.25, -0.2) is 5.90 Å². The van der Waals surface area contributed by atoms with Crippen LogP contribution in [0.5, 0.6) is 0 Å². The van der Waals surface area contributed by atoms with E-state index in [4.69, 9.17) is 10.6 Å². The Kier molecular flexibility index (Phi) is 4.96. The fourth-order valence-electron chi connectivity index (χ4n) is 0.387. The van der Waals surface area contributed by atoms with Crippen molar-refractivity contribution in [2.24, 2.45) is 5.90 Å². The van der Waals surface area contributed by atoms with E-state index in [0.717, 1.165) is 0 Å². The molecule has 0 aromatic carbocycles. The molecule has 0 radical (unpaired) electrons. The number of hydrogen-bond donors (Lipinski definition) is 1. The lowest BCUT2D eigenvalue weighted by atomic mass is 9.85. The number of nitrogens with two attached hydrogens (primary N) is 1. The summed E-state index contributed by atoms with van der Waals surface area (Å²) in [6.45, 7) is 6.82. The first-order valence-corrected chi connectivity index (χ1v) is 2.58. The van der Waals surface area contributed by atoms with E-state index in [2.05, 4.69) is 17.9 Å². The minimum atomic E-state index is -0.444. The third-order valence-corrected chi connectivity index (χ3v) is 0.759. The second-order valence-electron chi connectivity index (χ2n) is 1.39. The quantitative estimate of drug-likeness (QED) is 0.256. The highest BCUT2D eigenvalue weighted by Crippen LogP contribution is 1.93. The van der Waals surface area contributed by atoms with Gasteiger partial charge in [-0.05, 0) is 0 Å². The summed E-state index contributed by atoms with van der Waals surface area (Å²) in [5.41, 5.74) is 0. The molecule has 0 spiro atoms. The lowest BCUT2D eigenvalue weighted by Gasteiger charge is -2.04. The largest absolute Gasteiger partial charge is 0.545 e. The normalized spacial score (nSPS) is 8.11. The molecule has 0 rings (SSSR count). The molecule has 9 heavy (non-hydrogen) atoms. The molecule has 0 fully saturated rings. The van der Waals surface area contributed by atoms with Crippen LogP contribution in [-0.4, -0.2) is 7.12 Å². The molecule has 0 aliphatic heterocycles. The molecule has 3 nitrogen and oxygen atoms in total. The molecule has 0 aliphatic carbocycles. The molecule has 0 saturated heterocycles. The summed E-state index contributed by atoms with van der Waals surface area (Å²) >= 11 is 0. The van der Waals surface area contributed by atoms with Crippen LogP contribution in [-0.2, 0) is 9.41 Å². The average Bonchev–Trinajstić information content (AvgIpc) is 1.88. The van der Waals surface area contributed by atoms with Crippen molar-refractivity contribution in [2.45, 2.75) is 6.32 Å². The van der Waals surface area contributed by atoms with Gasteiger partial charge >= 0.3 is 7.12 Å². The molecule has 0 aromatic heterocycles. The molecule has 2 N–H and O–H groups in total. The van der Waals surface area contributed by atoms with Gasteiger partial charge in [-0.1, -0.05) is 12.7 Å². The zero-order valence-electron chi connectivity index (χ0n) is 5.25. The van der Waals surface area contributed by atoms with Crippen LogP contribution in [0.25, 0.3) is 0 Å². The molecule has 0 aliphatic rings. The Labute approximate surface area is 55.2 Å². The van der Waals surface area contributed by atoms with E-state index in [0.29, 0.717) is 6.32 Å². The maximum atomic E-state index is 4.82. The molecule has 4 heteroatoms. The van der Waals surface area contributed by atoms with Gasteiger partial charge in [-0.2, -0.15) is 0 Å². The first-order chi connectivity index (χ1) is 4.35. The van der Waals surface area contributed by atoms with Gasteiger partial charge in [0.2, 0.25) is 0 Å². The van der Waals surface area contributed by atoms with Crippen molar-refractivity contribution in [1.29, 1.82) is 0 Å². The van der Waals surface area contributed by atoms with Gasteiger partial charge in [0.15, 0.2) is 0 Å². The van der Waals surface area contributed by atoms with Crippen LogP contribution in [0.2, 0.25) is 6.32 Å². The van der Waals surface area contributed by atoms with Gasteiger partial charge < -0.3 is 9.41 Å². The fourth-order valence-corrected chi connectivity index (χ4v) is 0.387. The summed E-state index contributed by atoms with van der Waals surface area (Å²) in [5.74, 6) is 4.82. The summed E-state index contributed by atoms with van der Waals surface area (Å²) in [6.07, 6.45) is 3.49. The topological polar surface area (TPSA) is 44.5 Å². The van der Waals surface area contributed by atoms with Crippen molar-refractivity contribution in [1.82, 2.24) is 0 Å². The fraction of sp³-hybridized carbons (Fsp3) is 0.200. The molecule has 0 atom stereocenters. The van der Waals surface area contributed by atoms with Gasteiger partial charge in [0.1, 0.15) is 0 Å². The zero-order valence-corrected chi connectivity index (χ0v) is 5.25. The Morgan fingerprint density at radius 3 is 2.56 bits per heavy atom. The third kappa shape index (κ3) is 3.82. The average molecular weight is 127 g/mol. The molecule has 0 unspecified atom stereocenters. The van der Waals surface area contributed by atoms with E-state index >= 15 is 0 Å². The lowest BCUT2D eigenvalue weighted by Crippen LogP contribution is -2.23. The van der Waals surface area contributed by atoms with E-state index in [1.54, 1.807) is 6.08 Å². The SMILES string of the molecule is C=CCB(ON)OC=C. The van der Waals surface area contributed by atoms with E-state index in [1.807, 2.05) is 0 Å². The van der Waals surface area contributed by atoms with Crippen molar-refractivity contribution < 1.29 is 9.41 Å². The predicted molar refractivity (Wildman–Crippen MR) is 37.3 cm³/mol. The zero-order chi connectivity index (χ0) is 7.11.